The van der Waals surface area contributed by atoms with Crippen LogP contribution in [0.15, 0.2) is 47.4 Å². The number of nitrogens with zero attached hydrogens (tertiary/aromatic N) is 6. The summed E-state index contributed by atoms with van der Waals surface area (Å²) in [6.07, 6.45) is 3.97. The van der Waals surface area contributed by atoms with Crippen molar-refractivity contribution in [3.63, 3.8) is 0 Å². The Labute approximate surface area is 259 Å². The van der Waals surface area contributed by atoms with Gasteiger partial charge in [0.05, 0.1) is 34.5 Å². The van der Waals surface area contributed by atoms with E-state index in [1.54, 1.807) is 29.9 Å². The van der Waals surface area contributed by atoms with Gasteiger partial charge in [0, 0.05) is 37.8 Å². The Balaban J connectivity index is 1.47. The Morgan fingerprint density at radius 2 is 1.89 bits per heavy atom. The van der Waals surface area contributed by atoms with Crippen molar-refractivity contribution in [3.8, 4) is 6.07 Å². The lowest BCUT2D eigenvalue weighted by molar-refractivity contribution is 0.0977. The molecule has 0 spiro atoms. The van der Waals surface area contributed by atoms with E-state index in [4.69, 9.17) is 21.8 Å². The first kappa shape index (κ1) is 30.9. The van der Waals surface area contributed by atoms with Gasteiger partial charge in [-0.25, -0.2) is 28.1 Å². The van der Waals surface area contributed by atoms with Crippen molar-refractivity contribution in [1.82, 2.24) is 24.2 Å². The summed E-state index contributed by atoms with van der Waals surface area (Å²) < 4.78 is 27.0. The van der Waals surface area contributed by atoms with Gasteiger partial charge in [-0.15, -0.1) is 0 Å². The largest absolute Gasteiger partial charge is 0.377 e. The molecule has 1 aliphatic rings. The quantitative estimate of drug-likeness (QED) is 0.286. The fourth-order valence-corrected chi connectivity index (χ4v) is 6.10. The number of hydrogen-bond donors (Lipinski definition) is 2. The van der Waals surface area contributed by atoms with Crippen molar-refractivity contribution in [3.05, 3.63) is 86.3 Å². The van der Waals surface area contributed by atoms with Crippen molar-refractivity contribution >= 4 is 49.9 Å². The molecule has 1 aromatic carbocycles. The summed E-state index contributed by atoms with van der Waals surface area (Å²) >= 11 is 6.03. The van der Waals surface area contributed by atoms with Gasteiger partial charge in [0.1, 0.15) is 22.9 Å². The second kappa shape index (κ2) is 12.2. The predicted octanol–water partition coefficient (Wildman–Crippen LogP) is 3.80. The molecule has 14 heteroatoms. The van der Waals surface area contributed by atoms with Gasteiger partial charge in [0.15, 0.2) is 5.69 Å². The van der Waals surface area contributed by atoms with E-state index in [1.807, 2.05) is 36.8 Å². The number of anilines is 2. The van der Waals surface area contributed by atoms with E-state index < -0.39 is 22.0 Å². The van der Waals surface area contributed by atoms with Crippen molar-refractivity contribution in [2.24, 2.45) is 7.05 Å². The number of sulfonamides is 1. The molecule has 3 aromatic heterocycles. The van der Waals surface area contributed by atoms with Crippen molar-refractivity contribution < 1.29 is 13.2 Å². The fraction of sp³-hybridized carbons (Fsp3) is 0.333. The minimum Gasteiger partial charge on any atom is -0.377 e. The number of halogens is 1. The Morgan fingerprint density at radius 3 is 2.52 bits per heavy atom. The smallest absolute Gasteiger partial charge is 0.285 e. The van der Waals surface area contributed by atoms with Gasteiger partial charge in [-0.05, 0) is 62.6 Å². The summed E-state index contributed by atoms with van der Waals surface area (Å²) in [7, 11) is -2.09. The third-order valence-electron chi connectivity index (χ3n) is 7.64. The molecule has 4 aromatic rings. The van der Waals surface area contributed by atoms with Crippen LogP contribution in [0.5, 0.6) is 0 Å². The third-order valence-corrected chi connectivity index (χ3v) is 8.41. The number of nitrogens with one attached hydrogen (secondary N) is 2. The van der Waals surface area contributed by atoms with Gasteiger partial charge in [0.2, 0.25) is 10.0 Å². The molecule has 1 atom stereocenters. The summed E-state index contributed by atoms with van der Waals surface area (Å²) in [4.78, 5) is 42.1. The van der Waals surface area contributed by atoms with Gasteiger partial charge in [-0.1, -0.05) is 17.7 Å². The monoisotopic (exact) mass is 634 g/mol. The lowest BCUT2D eigenvalue weighted by Crippen LogP contribution is -2.36. The minimum absolute atomic E-state index is 0.0266. The van der Waals surface area contributed by atoms with E-state index in [-0.39, 0.29) is 28.0 Å². The molecule has 44 heavy (non-hydrogen) atoms. The highest BCUT2D eigenvalue weighted by Crippen LogP contribution is 2.32. The first-order chi connectivity index (χ1) is 20.8. The van der Waals surface area contributed by atoms with Crippen LogP contribution in [-0.4, -0.2) is 53.2 Å². The second-order valence-corrected chi connectivity index (χ2v) is 13.1. The molecule has 0 unspecified atom stereocenters. The SMILES string of the molecule is Cc1cc([C@@H](C)Nc2ccc(Cl)nc2C(=O)NS(C)(=O)=O)c2nc(C3CCN(c4ccc(C#N)cn4)CC3)n(C)c(=O)c2c1. The number of aryl methyl sites for hydroxylation is 1. The Morgan fingerprint density at radius 1 is 1.16 bits per heavy atom. The standard InChI is InChI=1S/C30H31ClN8O4S/c1-17-13-21(18(2)34-23-6-7-24(31)35-27(23)29(40)37-44(4,42)43)26-22(14-17)30(41)38(3)28(36-26)20-9-11-39(12-10-20)25-8-5-19(15-32)16-33-25/h5-8,13-14,16,18,20,34H,9-12H2,1-4H3,(H,37,40)/t18-/m1/s1. The van der Waals surface area contributed by atoms with Crippen LogP contribution in [0.1, 0.15) is 64.7 Å². The fourth-order valence-electron chi connectivity index (χ4n) is 5.52. The maximum Gasteiger partial charge on any atom is 0.285 e. The summed E-state index contributed by atoms with van der Waals surface area (Å²) in [6, 6.07) is 12.0. The Bertz CT molecular complexity index is 1960. The van der Waals surface area contributed by atoms with E-state index in [9.17, 15) is 18.0 Å². The van der Waals surface area contributed by atoms with Gasteiger partial charge in [-0.3, -0.25) is 14.2 Å². The van der Waals surface area contributed by atoms with Crippen LogP contribution < -0.4 is 20.5 Å². The lowest BCUT2D eigenvalue weighted by Gasteiger charge is -2.33. The highest BCUT2D eigenvalue weighted by molar-refractivity contribution is 7.89. The average molecular weight is 635 g/mol. The third kappa shape index (κ3) is 6.51. The van der Waals surface area contributed by atoms with E-state index in [1.165, 1.54) is 6.07 Å². The molecule has 5 rings (SSSR count). The van der Waals surface area contributed by atoms with Crippen LogP contribution in [0.3, 0.4) is 0 Å². The Hall–Kier alpha value is -4.54. The number of hydrogen-bond acceptors (Lipinski definition) is 10. The predicted molar refractivity (Wildman–Crippen MR) is 168 cm³/mol. The van der Waals surface area contributed by atoms with E-state index in [2.05, 4.69) is 26.3 Å². The van der Waals surface area contributed by atoms with Gasteiger partial charge in [-0.2, -0.15) is 5.26 Å². The molecule has 4 heterocycles. The summed E-state index contributed by atoms with van der Waals surface area (Å²) in [5.41, 5.74) is 2.59. The molecule has 1 amide bonds. The zero-order valence-corrected chi connectivity index (χ0v) is 26.2. The lowest BCUT2D eigenvalue weighted by atomic mass is 9.94. The first-order valence-electron chi connectivity index (χ1n) is 13.9. The van der Waals surface area contributed by atoms with Crippen molar-refractivity contribution in [2.75, 3.05) is 29.6 Å². The number of fused-ring (bicyclic) bond motifs is 1. The van der Waals surface area contributed by atoms with Crippen LogP contribution in [-0.2, 0) is 17.1 Å². The van der Waals surface area contributed by atoms with Crippen LogP contribution in [0.25, 0.3) is 10.9 Å². The van der Waals surface area contributed by atoms with Gasteiger partial charge >= 0.3 is 0 Å². The molecule has 0 aliphatic carbocycles. The zero-order chi connectivity index (χ0) is 31.8. The van der Waals surface area contributed by atoms with Crippen LogP contribution >= 0.6 is 11.6 Å². The van der Waals surface area contributed by atoms with Crippen molar-refractivity contribution in [1.29, 1.82) is 5.26 Å². The number of piperidine rings is 1. The number of carbonyl (C=O) groups excluding carboxylic acids is 1. The van der Waals surface area contributed by atoms with Crippen LogP contribution in [0.2, 0.25) is 5.15 Å². The van der Waals surface area contributed by atoms with Gasteiger partial charge < -0.3 is 10.2 Å². The molecule has 1 saturated heterocycles. The summed E-state index contributed by atoms with van der Waals surface area (Å²) in [6.45, 7) is 5.20. The number of rotatable bonds is 7. The normalized spacial score (nSPS) is 14.7. The van der Waals surface area contributed by atoms with Crippen LogP contribution in [0, 0.1) is 18.3 Å². The molecule has 1 aliphatic heterocycles. The molecular formula is C30H31ClN8O4S. The van der Waals surface area contributed by atoms with Gasteiger partial charge in [0.25, 0.3) is 11.5 Å². The molecular weight excluding hydrogens is 604 g/mol. The second-order valence-electron chi connectivity index (χ2n) is 11.0. The van der Waals surface area contributed by atoms with Crippen molar-refractivity contribution in [2.45, 2.75) is 38.6 Å². The van der Waals surface area contributed by atoms with Crippen LogP contribution in [0.4, 0.5) is 11.5 Å². The number of carbonyl (C=O) groups is 1. The summed E-state index contributed by atoms with van der Waals surface area (Å²) in [5, 5.41) is 12.8. The summed E-state index contributed by atoms with van der Waals surface area (Å²) in [5.74, 6) is 0.613. The number of pyridine rings is 2. The molecule has 1 fully saturated rings. The minimum atomic E-state index is -3.84. The number of amides is 1. The maximum atomic E-state index is 13.7. The maximum absolute atomic E-state index is 13.7. The zero-order valence-electron chi connectivity index (χ0n) is 24.6. The highest BCUT2D eigenvalue weighted by atomic mass is 35.5. The van der Waals surface area contributed by atoms with E-state index in [0.717, 1.165) is 49.1 Å². The average Bonchev–Trinajstić information content (AvgIpc) is 2.99. The van der Waals surface area contributed by atoms with E-state index in [0.29, 0.717) is 22.3 Å². The molecule has 2 N–H and O–H groups in total. The highest BCUT2D eigenvalue weighted by Gasteiger charge is 2.27. The van der Waals surface area contributed by atoms with E-state index >= 15 is 0 Å². The number of aromatic nitrogens is 4. The topological polar surface area (TPSA) is 163 Å². The molecule has 12 nitrogen and oxygen atoms in total. The number of nitriles is 1. The molecule has 0 radical (unpaired) electrons. The molecule has 0 bridgehead atoms. The first-order valence-corrected chi connectivity index (χ1v) is 16.2. The Kier molecular flexibility index (Phi) is 8.58. The molecule has 228 valence electrons. The number of benzene rings is 1. The molecule has 0 saturated carbocycles.